The van der Waals surface area contributed by atoms with Crippen LogP contribution in [0.4, 0.5) is 14.5 Å². The molecule has 3 rings (SSSR count). The molecule has 0 atom stereocenters. The molecule has 26 heavy (non-hydrogen) atoms. The van der Waals surface area contributed by atoms with Crippen LogP contribution in [0.5, 0.6) is 0 Å². The van der Waals surface area contributed by atoms with E-state index in [9.17, 15) is 18.4 Å². The van der Waals surface area contributed by atoms with E-state index in [0.29, 0.717) is 31.7 Å². The minimum Gasteiger partial charge on any atom is -0.336 e. The lowest BCUT2D eigenvalue weighted by molar-refractivity contribution is -0.117. The zero-order valence-corrected chi connectivity index (χ0v) is 14.1. The van der Waals surface area contributed by atoms with Gasteiger partial charge in [0.15, 0.2) is 0 Å². The first-order valence-electron chi connectivity index (χ1n) is 8.34. The molecular formula is C19H19F2N3O2. The summed E-state index contributed by atoms with van der Waals surface area (Å²) in [6, 6.07) is 12.1. The predicted octanol–water partition coefficient (Wildman–Crippen LogP) is 2.36. The molecule has 0 saturated carbocycles. The number of hydrogen-bond donors (Lipinski definition) is 1. The van der Waals surface area contributed by atoms with Gasteiger partial charge in [-0.05, 0) is 24.3 Å². The fourth-order valence-electron chi connectivity index (χ4n) is 2.86. The van der Waals surface area contributed by atoms with Gasteiger partial charge in [0.05, 0.1) is 12.2 Å². The van der Waals surface area contributed by atoms with Crippen molar-refractivity contribution in [2.45, 2.75) is 0 Å². The van der Waals surface area contributed by atoms with Gasteiger partial charge in [-0.25, -0.2) is 8.78 Å². The second-order valence-corrected chi connectivity index (χ2v) is 6.11. The lowest BCUT2D eigenvalue weighted by atomic mass is 10.2. The van der Waals surface area contributed by atoms with Crippen LogP contribution >= 0.6 is 0 Å². The Morgan fingerprint density at radius 3 is 2.31 bits per heavy atom. The average Bonchev–Trinajstić information content (AvgIpc) is 2.65. The molecule has 1 heterocycles. The van der Waals surface area contributed by atoms with Crippen LogP contribution in [0.15, 0.2) is 48.5 Å². The van der Waals surface area contributed by atoms with Crippen LogP contribution in [0.2, 0.25) is 0 Å². The number of nitrogens with zero attached hydrogens (tertiary/aromatic N) is 2. The second-order valence-electron chi connectivity index (χ2n) is 6.11. The van der Waals surface area contributed by atoms with Gasteiger partial charge in [0.2, 0.25) is 5.91 Å². The van der Waals surface area contributed by atoms with E-state index < -0.39 is 11.6 Å². The molecule has 2 amide bonds. The number of nitrogens with one attached hydrogen (secondary N) is 1. The summed E-state index contributed by atoms with van der Waals surface area (Å²) < 4.78 is 26.5. The Hall–Kier alpha value is -2.80. The fourth-order valence-corrected chi connectivity index (χ4v) is 2.86. The topological polar surface area (TPSA) is 52.7 Å². The first-order valence-corrected chi connectivity index (χ1v) is 8.34. The van der Waals surface area contributed by atoms with E-state index in [1.54, 1.807) is 17.0 Å². The summed E-state index contributed by atoms with van der Waals surface area (Å²) in [6.45, 7) is 2.23. The fraction of sp³-hybridized carbons (Fsp3) is 0.263. The third-order valence-corrected chi connectivity index (χ3v) is 4.25. The van der Waals surface area contributed by atoms with Gasteiger partial charge in [0, 0.05) is 37.8 Å². The number of carbonyl (C=O) groups is 2. The quantitative estimate of drug-likeness (QED) is 0.912. The highest BCUT2D eigenvalue weighted by Crippen LogP contribution is 2.15. The molecule has 0 bridgehead atoms. The lowest BCUT2D eigenvalue weighted by Crippen LogP contribution is -2.50. The van der Waals surface area contributed by atoms with E-state index in [2.05, 4.69) is 5.32 Å². The molecule has 0 unspecified atom stereocenters. The first-order chi connectivity index (χ1) is 12.5. The Kier molecular flexibility index (Phi) is 5.58. The van der Waals surface area contributed by atoms with Crippen LogP contribution < -0.4 is 5.32 Å². The Balaban J connectivity index is 1.49. The third kappa shape index (κ3) is 4.43. The molecule has 136 valence electrons. The molecule has 5 nitrogen and oxygen atoms in total. The van der Waals surface area contributed by atoms with Gasteiger partial charge in [0.1, 0.15) is 11.6 Å². The van der Waals surface area contributed by atoms with Gasteiger partial charge in [-0.2, -0.15) is 0 Å². The van der Waals surface area contributed by atoms with E-state index >= 15 is 0 Å². The van der Waals surface area contributed by atoms with E-state index in [1.807, 2.05) is 23.1 Å². The van der Waals surface area contributed by atoms with Crippen molar-refractivity contribution in [1.29, 1.82) is 0 Å². The van der Waals surface area contributed by atoms with Crippen molar-refractivity contribution in [3.8, 4) is 0 Å². The van der Waals surface area contributed by atoms with Crippen LogP contribution in [0, 0.1) is 11.6 Å². The summed E-state index contributed by atoms with van der Waals surface area (Å²) in [5.41, 5.74) is 0.597. The van der Waals surface area contributed by atoms with Gasteiger partial charge in [-0.1, -0.05) is 18.2 Å². The van der Waals surface area contributed by atoms with Gasteiger partial charge in [0.25, 0.3) is 5.91 Å². The number of benzene rings is 2. The zero-order valence-electron chi connectivity index (χ0n) is 14.1. The maximum absolute atomic E-state index is 13.6. The standard InChI is InChI=1S/C19H19F2N3O2/c20-15-6-7-17(16(21)12-15)22-18(25)13-23-8-10-24(11-9-23)19(26)14-4-2-1-3-5-14/h1-7,12H,8-11,13H2,(H,22,25). The second kappa shape index (κ2) is 8.05. The number of carbonyl (C=O) groups excluding carboxylic acids is 2. The number of halogens is 2. The minimum atomic E-state index is -0.809. The van der Waals surface area contributed by atoms with Crippen LogP contribution in [-0.2, 0) is 4.79 Å². The number of rotatable bonds is 4. The summed E-state index contributed by atoms with van der Waals surface area (Å²) in [5, 5.41) is 2.44. The molecule has 0 aliphatic carbocycles. The van der Waals surface area contributed by atoms with Crippen molar-refractivity contribution < 1.29 is 18.4 Å². The third-order valence-electron chi connectivity index (χ3n) is 4.25. The minimum absolute atomic E-state index is 0.0249. The Morgan fingerprint density at radius 2 is 1.65 bits per heavy atom. The number of hydrogen-bond acceptors (Lipinski definition) is 3. The van der Waals surface area contributed by atoms with Crippen LogP contribution in [0.3, 0.4) is 0 Å². The van der Waals surface area contributed by atoms with Crippen LogP contribution in [0.1, 0.15) is 10.4 Å². The maximum atomic E-state index is 13.6. The molecule has 0 spiro atoms. The normalized spacial score (nSPS) is 14.9. The predicted molar refractivity (Wildman–Crippen MR) is 93.8 cm³/mol. The van der Waals surface area contributed by atoms with Crippen molar-refractivity contribution in [1.82, 2.24) is 9.80 Å². The van der Waals surface area contributed by atoms with Gasteiger partial charge >= 0.3 is 0 Å². The lowest BCUT2D eigenvalue weighted by Gasteiger charge is -2.34. The highest BCUT2D eigenvalue weighted by atomic mass is 19.1. The molecule has 1 N–H and O–H groups in total. The van der Waals surface area contributed by atoms with Crippen LogP contribution in [0.25, 0.3) is 0 Å². The molecule has 1 saturated heterocycles. The Labute approximate surface area is 150 Å². The average molecular weight is 359 g/mol. The molecule has 1 aliphatic rings. The molecule has 1 fully saturated rings. The van der Waals surface area contributed by atoms with Crippen molar-refractivity contribution >= 4 is 17.5 Å². The molecule has 2 aromatic carbocycles. The summed E-state index contributed by atoms with van der Waals surface area (Å²) in [7, 11) is 0. The Morgan fingerprint density at radius 1 is 0.962 bits per heavy atom. The SMILES string of the molecule is O=C(CN1CCN(C(=O)c2ccccc2)CC1)Nc1ccc(F)cc1F. The highest BCUT2D eigenvalue weighted by molar-refractivity contribution is 5.94. The van der Waals surface area contributed by atoms with Crippen molar-refractivity contribution in [3.05, 3.63) is 65.7 Å². The van der Waals surface area contributed by atoms with E-state index in [-0.39, 0.29) is 24.0 Å². The van der Waals surface area contributed by atoms with Crippen LogP contribution in [-0.4, -0.2) is 54.3 Å². The Bertz CT molecular complexity index is 791. The monoisotopic (exact) mass is 359 g/mol. The first kappa shape index (κ1) is 18.0. The van der Waals surface area contributed by atoms with Gasteiger partial charge < -0.3 is 10.2 Å². The zero-order chi connectivity index (χ0) is 18.5. The smallest absolute Gasteiger partial charge is 0.253 e. The molecule has 2 aromatic rings. The van der Waals surface area contributed by atoms with Gasteiger partial charge in [-0.3, -0.25) is 14.5 Å². The summed E-state index contributed by atoms with van der Waals surface area (Å²) in [6.07, 6.45) is 0. The number of amides is 2. The number of piperazine rings is 1. The van der Waals surface area contributed by atoms with E-state index in [4.69, 9.17) is 0 Å². The molecule has 0 aromatic heterocycles. The van der Waals surface area contributed by atoms with Gasteiger partial charge in [-0.15, -0.1) is 0 Å². The number of anilines is 1. The summed E-state index contributed by atoms with van der Waals surface area (Å²) in [5.74, 6) is -1.90. The largest absolute Gasteiger partial charge is 0.336 e. The van der Waals surface area contributed by atoms with E-state index in [0.717, 1.165) is 12.1 Å². The maximum Gasteiger partial charge on any atom is 0.253 e. The van der Waals surface area contributed by atoms with Crippen molar-refractivity contribution in [3.63, 3.8) is 0 Å². The highest BCUT2D eigenvalue weighted by Gasteiger charge is 2.23. The summed E-state index contributed by atoms with van der Waals surface area (Å²) in [4.78, 5) is 28.1. The molecular weight excluding hydrogens is 340 g/mol. The molecule has 0 radical (unpaired) electrons. The van der Waals surface area contributed by atoms with Crippen molar-refractivity contribution in [2.24, 2.45) is 0 Å². The molecule has 7 heteroatoms. The molecule has 1 aliphatic heterocycles. The van der Waals surface area contributed by atoms with Crippen molar-refractivity contribution in [2.75, 3.05) is 38.0 Å². The van der Waals surface area contributed by atoms with E-state index in [1.165, 1.54) is 6.07 Å². The summed E-state index contributed by atoms with van der Waals surface area (Å²) >= 11 is 0.